The minimum Gasteiger partial charge on any atom is -0.0761 e. The van der Waals surface area contributed by atoms with Gasteiger partial charge in [-0.1, -0.05) is 195 Å². The van der Waals surface area contributed by atoms with Crippen LogP contribution in [0.1, 0.15) is 18.4 Å². The first-order valence-electron chi connectivity index (χ1n) is 21.4. The zero-order chi connectivity index (χ0) is 40.1. The smallest absolute Gasteiger partial charge is 0.0761 e. The standard InChI is InChI=1S/C59H44Si/c1-37-23-31-50(48-19-9-8-17-45(37)48)59-53-34-44(43-29-24-38-13-4-5-15-42(38)33-43)30-32-51(53)58(41-27-25-40(26-28-41)47-21-12-16-39-14-6-7-18-46(39)47)54-35-52-49-20-10-11-22-56(49)60(2,3)57(52)36-55(54)59/h4-36,48,50H,1-3H3. The monoisotopic (exact) mass is 780 g/mol. The first kappa shape index (κ1) is 35.2. The van der Waals surface area contributed by atoms with Gasteiger partial charge in [-0.25, -0.2) is 0 Å². The third kappa shape index (κ3) is 5.29. The van der Waals surface area contributed by atoms with Crippen LogP contribution < -0.4 is 10.4 Å². The maximum atomic E-state index is 2.66. The SMILES string of the molecule is CC1=C2C=CC=CC2C(c2c3cc(-c4ccc5ccccc5c4)ccc3c(-c3ccc(-c4cccc5ccccc45)cc3)c3cc4c(cc23)[Si](C)(C)c2ccccc2-4)C=C1. The molecule has 284 valence electrons. The molecule has 9 aromatic carbocycles. The van der Waals surface area contributed by atoms with Gasteiger partial charge in [-0.2, -0.15) is 0 Å². The molecule has 1 aliphatic heterocycles. The summed E-state index contributed by atoms with van der Waals surface area (Å²) in [6, 6.07) is 62.2. The van der Waals surface area contributed by atoms with Crippen LogP contribution in [0.25, 0.3) is 87.6 Å². The molecule has 0 aromatic heterocycles. The Labute approximate surface area is 353 Å². The Morgan fingerprint density at radius 2 is 1.08 bits per heavy atom. The van der Waals surface area contributed by atoms with Gasteiger partial charge < -0.3 is 0 Å². The highest BCUT2D eigenvalue weighted by Gasteiger charge is 2.39. The van der Waals surface area contributed by atoms with Gasteiger partial charge in [-0.3, -0.25) is 0 Å². The first-order valence-corrected chi connectivity index (χ1v) is 24.4. The molecule has 2 aliphatic carbocycles. The fourth-order valence-electron chi connectivity index (χ4n) is 11.0. The number of benzene rings is 9. The lowest BCUT2D eigenvalue weighted by molar-refractivity contribution is 0.671. The molecule has 0 saturated heterocycles. The van der Waals surface area contributed by atoms with E-state index in [1.54, 1.807) is 10.4 Å². The molecule has 2 atom stereocenters. The minimum atomic E-state index is -1.99. The van der Waals surface area contributed by atoms with Crippen LogP contribution in [0.3, 0.4) is 0 Å². The van der Waals surface area contributed by atoms with Crippen molar-refractivity contribution in [1.82, 2.24) is 0 Å². The number of rotatable bonds is 4. The Balaban J connectivity index is 1.17. The van der Waals surface area contributed by atoms with Crippen LogP contribution in [-0.4, -0.2) is 8.07 Å². The molecule has 60 heavy (non-hydrogen) atoms. The summed E-state index contributed by atoms with van der Waals surface area (Å²) in [5.41, 5.74) is 14.6. The number of hydrogen-bond acceptors (Lipinski definition) is 0. The highest BCUT2D eigenvalue weighted by molar-refractivity contribution is 7.04. The fourth-order valence-corrected chi connectivity index (χ4v) is 14.0. The Morgan fingerprint density at radius 1 is 0.400 bits per heavy atom. The van der Waals surface area contributed by atoms with E-state index in [-0.39, 0.29) is 11.8 Å². The predicted molar refractivity (Wildman–Crippen MR) is 261 cm³/mol. The van der Waals surface area contributed by atoms with Crippen molar-refractivity contribution in [2.45, 2.75) is 25.9 Å². The molecule has 0 nitrogen and oxygen atoms in total. The summed E-state index contributed by atoms with van der Waals surface area (Å²) in [4.78, 5) is 0. The van der Waals surface area contributed by atoms with Crippen molar-refractivity contribution in [3.63, 3.8) is 0 Å². The van der Waals surface area contributed by atoms with Crippen LogP contribution in [0.15, 0.2) is 211 Å². The molecule has 3 aliphatic rings. The molecule has 1 heteroatoms. The van der Waals surface area contributed by atoms with Crippen molar-refractivity contribution < 1.29 is 0 Å². The summed E-state index contributed by atoms with van der Waals surface area (Å²) in [5, 5.41) is 13.5. The summed E-state index contributed by atoms with van der Waals surface area (Å²) in [6.07, 6.45) is 14.1. The van der Waals surface area contributed by atoms with E-state index in [1.165, 1.54) is 104 Å². The molecule has 0 radical (unpaired) electrons. The third-order valence-corrected chi connectivity index (χ3v) is 17.6. The lowest BCUT2D eigenvalue weighted by atomic mass is 9.71. The lowest BCUT2D eigenvalue weighted by Crippen LogP contribution is -2.49. The second-order valence-electron chi connectivity index (χ2n) is 17.6. The second-order valence-corrected chi connectivity index (χ2v) is 21.9. The van der Waals surface area contributed by atoms with Gasteiger partial charge in [-0.15, -0.1) is 0 Å². The van der Waals surface area contributed by atoms with Crippen molar-refractivity contribution >= 4 is 61.5 Å². The van der Waals surface area contributed by atoms with Gasteiger partial charge in [0.15, 0.2) is 0 Å². The Kier molecular flexibility index (Phi) is 7.83. The van der Waals surface area contributed by atoms with E-state index in [1.807, 2.05) is 0 Å². The van der Waals surface area contributed by atoms with Gasteiger partial charge in [0.05, 0.1) is 0 Å². The van der Waals surface area contributed by atoms with Crippen molar-refractivity contribution in [1.29, 1.82) is 0 Å². The zero-order valence-electron chi connectivity index (χ0n) is 34.2. The number of fused-ring (bicyclic) bond motifs is 8. The summed E-state index contributed by atoms with van der Waals surface area (Å²) < 4.78 is 0. The number of allylic oxidation sites excluding steroid dienone is 8. The topological polar surface area (TPSA) is 0 Å². The van der Waals surface area contributed by atoms with Crippen molar-refractivity contribution in [2.24, 2.45) is 5.92 Å². The van der Waals surface area contributed by atoms with Crippen molar-refractivity contribution in [3.8, 4) is 44.5 Å². The molecular weight excluding hydrogens is 737 g/mol. The van der Waals surface area contributed by atoms with E-state index in [0.29, 0.717) is 0 Å². The average molecular weight is 781 g/mol. The maximum Gasteiger partial charge on any atom is 0.113 e. The lowest BCUT2D eigenvalue weighted by Gasteiger charge is -2.33. The van der Waals surface area contributed by atoms with E-state index in [4.69, 9.17) is 0 Å². The van der Waals surface area contributed by atoms with Crippen LogP contribution in [0.5, 0.6) is 0 Å². The Hall–Kier alpha value is -6.80. The van der Waals surface area contributed by atoms with E-state index < -0.39 is 8.07 Å². The predicted octanol–water partition coefficient (Wildman–Crippen LogP) is 14.8. The van der Waals surface area contributed by atoms with Gasteiger partial charge >= 0.3 is 0 Å². The Morgan fingerprint density at radius 3 is 1.97 bits per heavy atom. The van der Waals surface area contributed by atoms with Crippen LogP contribution in [0.2, 0.25) is 13.1 Å². The van der Waals surface area contributed by atoms with Crippen molar-refractivity contribution in [2.75, 3.05) is 0 Å². The molecule has 0 fully saturated rings. The molecule has 0 spiro atoms. The van der Waals surface area contributed by atoms with E-state index in [9.17, 15) is 0 Å². The largest absolute Gasteiger partial charge is 0.113 e. The second kappa shape index (κ2) is 13.4. The first-order chi connectivity index (χ1) is 29.4. The molecule has 12 rings (SSSR count). The summed E-state index contributed by atoms with van der Waals surface area (Å²) in [5.74, 6) is 0.438. The Bertz CT molecular complexity index is 3400. The van der Waals surface area contributed by atoms with E-state index in [2.05, 4.69) is 220 Å². The maximum absolute atomic E-state index is 2.66. The van der Waals surface area contributed by atoms with Gasteiger partial charge in [-0.05, 0) is 140 Å². The van der Waals surface area contributed by atoms with Crippen LogP contribution in [0.4, 0.5) is 0 Å². The van der Waals surface area contributed by atoms with Gasteiger partial charge in [0, 0.05) is 11.8 Å². The summed E-state index contributed by atoms with van der Waals surface area (Å²) >= 11 is 0. The van der Waals surface area contributed by atoms with E-state index in [0.717, 1.165) is 0 Å². The van der Waals surface area contributed by atoms with Gasteiger partial charge in [0.2, 0.25) is 0 Å². The molecule has 0 bridgehead atoms. The average Bonchev–Trinajstić information content (AvgIpc) is 3.52. The third-order valence-electron chi connectivity index (χ3n) is 14.0. The molecule has 1 heterocycles. The molecule has 0 amide bonds. The van der Waals surface area contributed by atoms with Crippen molar-refractivity contribution in [3.05, 3.63) is 217 Å². The summed E-state index contributed by atoms with van der Waals surface area (Å²) in [6.45, 7) is 7.37. The molecule has 0 N–H and O–H groups in total. The van der Waals surface area contributed by atoms with Gasteiger partial charge in [0.25, 0.3) is 0 Å². The molecular formula is C59H44Si. The minimum absolute atomic E-state index is 0.177. The van der Waals surface area contributed by atoms with Crippen LogP contribution in [-0.2, 0) is 0 Å². The van der Waals surface area contributed by atoms with Crippen LogP contribution >= 0.6 is 0 Å². The molecule has 0 saturated carbocycles. The zero-order valence-corrected chi connectivity index (χ0v) is 35.2. The van der Waals surface area contributed by atoms with Gasteiger partial charge in [0.1, 0.15) is 8.07 Å². The summed E-state index contributed by atoms with van der Waals surface area (Å²) in [7, 11) is -1.99. The highest BCUT2D eigenvalue weighted by atomic mass is 28.3. The molecule has 9 aromatic rings. The normalized spacial score (nSPS) is 17.4. The fraction of sp³-hybridized carbons (Fsp3) is 0.0847. The number of hydrogen-bond donors (Lipinski definition) is 0. The quantitative estimate of drug-likeness (QED) is 0.123. The van der Waals surface area contributed by atoms with Crippen LogP contribution in [0, 0.1) is 5.92 Å². The highest BCUT2D eigenvalue weighted by Crippen LogP contribution is 2.50. The molecule has 2 unspecified atom stereocenters. The van der Waals surface area contributed by atoms with E-state index >= 15 is 0 Å².